The van der Waals surface area contributed by atoms with Crippen LogP contribution in [0.5, 0.6) is 0 Å². The maximum atomic E-state index is 12.0. The molecule has 0 saturated carbocycles. The molecule has 0 aromatic carbocycles. The number of carbonyl (C=O) groups is 1. The minimum Gasteiger partial charge on any atom is -0.358 e. The van der Waals surface area contributed by atoms with Crippen molar-refractivity contribution in [2.45, 2.75) is 39.4 Å². The van der Waals surface area contributed by atoms with E-state index in [0.29, 0.717) is 6.54 Å². The number of nitrogens with zero attached hydrogens (tertiary/aromatic N) is 3. The summed E-state index contributed by atoms with van der Waals surface area (Å²) in [5.41, 5.74) is 2.31. The molecule has 6 heteroatoms. The van der Waals surface area contributed by atoms with E-state index >= 15 is 0 Å². The molecule has 1 fully saturated rings. The topological polar surface area (TPSA) is 62.2 Å². The van der Waals surface area contributed by atoms with Gasteiger partial charge in [0, 0.05) is 39.8 Å². The first-order valence-corrected chi connectivity index (χ1v) is 7.41. The zero-order valence-corrected chi connectivity index (χ0v) is 12.6. The minimum absolute atomic E-state index is 0.0791. The lowest BCUT2D eigenvalue weighted by Gasteiger charge is -2.34. The summed E-state index contributed by atoms with van der Waals surface area (Å²) < 4.78 is 2.04. The van der Waals surface area contributed by atoms with Crippen LogP contribution in [0.3, 0.4) is 0 Å². The Kier molecular flexibility index (Phi) is 5.14. The molecule has 1 aliphatic heterocycles. The minimum atomic E-state index is -0.0981. The summed E-state index contributed by atoms with van der Waals surface area (Å²) in [4.78, 5) is 14.2. The molecule has 0 spiro atoms. The molecule has 1 saturated heterocycles. The molecular weight excluding hydrogens is 254 g/mol. The van der Waals surface area contributed by atoms with Gasteiger partial charge in [0.05, 0.1) is 11.4 Å². The molecule has 2 heterocycles. The van der Waals surface area contributed by atoms with Gasteiger partial charge in [0.1, 0.15) is 6.04 Å². The second-order valence-electron chi connectivity index (χ2n) is 5.10. The van der Waals surface area contributed by atoms with Crippen molar-refractivity contribution < 1.29 is 4.79 Å². The summed E-state index contributed by atoms with van der Waals surface area (Å²) in [6.07, 6.45) is 0.945. The van der Waals surface area contributed by atoms with Crippen LogP contribution in [-0.2, 0) is 24.3 Å². The fourth-order valence-corrected chi connectivity index (χ4v) is 2.66. The highest BCUT2D eigenvalue weighted by molar-refractivity contribution is 5.81. The first kappa shape index (κ1) is 15.0. The second-order valence-corrected chi connectivity index (χ2v) is 5.10. The zero-order valence-electron chi connectivity index (χ0n) is 12.6. The molecule has 0 bridgehead atoms. The van der Waals surface area contributed by atoms with Gasteiger partial charge in [-0.1, -0.05) is 6.92 Å². The van der Waals surface area contributed by atoms with Gasteiger partial charge in [-0.2, -0.15) is 5.10 Å². The lowest BCUT2D eigenvalue weighted by atomic mass is 10.1. The number of hydrogen-bond donors (Lipinski definition) is 2. The smallest absolute Gasteiger partial charge is 0.238 e. The average molecular weight is 279 g/mol. The number of carbonyl (C=O) groups excluding carboxylic acids is 1. The van der Waals surface area contributed by atoms with Crippen LogP contribution < -0.4 is 10.6 Å². The Morgan fingerprint density at radius 3 is 3.00 bits per heavy atom. The third-order valence-corrected chi connectivity index (χ3v) is 3.84. The van der Waals surface area contributed by atoms with Gasteiger partial charge in [-0.25, -0.2) is 0 Å². The van der Waals surface area contributed by atoms with Gasteiger partial charge < -0.3 is 10.6 Å². The van der Waals surface area contributed by atoms with Crippen molar-refractivity contribution in [2.75, 3.05) is 26.7 Å². The van der Waals surface area contributed by atoms with Gasteiger partial charge >= 0.3 is 0 Å². The molecule has 2 N–H and O–H groups in total. The summed E-state index contributed by atoms with van der Waals surface area (Å²) in [6.45, 7) is 8.38. The van der Waals surface area contributed by atoms with E-state index in [4.69, 9.17) is 0 Å². The van der Waals surface area contributed by atoms with Crippen LogP contribution in [0.4, 0.5) is 0 Å². The molecule has 1 aliphatic rings. The molecule has 0 aliphatic carbocycles. The van der Waals surface area contributed by atoms with Crippen LogP contribution in [0.1, 0.15) is 25.2 Å². The van der Waals surface area contributed by atoms with Crippen molar-refractivity contribution >= 4 is 5.91 Å². The second kappa shape index (κ2) is 6.85. The van der Waals surface area contributed by atoms with Crippen molar-refractivity contribution in [3.05, 3.63) is 17.5 Å². The van der Waals surface area contributed by atoms with E-state index in [1.807, 2.05) is 4.68 Å². The molecule has 1 atom stereocenters. The predicted octanol–water partition coefficient (Wildman–Crippen LogP) is -0.0148. The monoisotopic (exact) mass is 279 g/mol. The number of rotatable bonds is 5. The van der Waals surface area contributed by atoms with Crippen LogP contribution in [0.15, 0.2) is 6.07 Å². The van der Waals surface area contributed by atoms with Gasteiger partial charge in [-0.3, -0.25) is 14.4 Å². The number of amides is 1. The molecule has 0 radical (unpaired) electrons. The van der Waals surface area contributed by atoms with E-state index < -0.39 is 0 Å². The fraction of sp³-hybridized carbons (Fsp3) is 0.714. The van der Waals surface area contributed by atoms with Gasteiger partial charge in [0.15, 0.2) is 0 Å². The van der Waals surface area contributed by atoms with Gasteiger partial charge in [-0.15, -0.1) is 0 Å². The SMILES string of the molecule is CCc1cc(CN2CCNCC2C(=O)NC)n(CC)n1. The summed E-state index contributed by atoms with van der Waals surface area (Å²) in [5, 5.41) is 10.6. The quantitative estimate of drug-likeness (QED) is 0.795. The number of hydrogen-bond acceptors (Lipinski definition) is 4. The highest BCUT2D eigenvalue weighted by Crippen LogP contribution is 2.13. The summed E-state index contributed by atoms with van der Waals surface area (Å²) >= 11 is 0. The summed E-state index contributed by atoms with van der Waals surface area (Å²) in [6, 6.07) is 2.06. The molecule has 2 rings (SSSR count). The van der Waals surface area contributed by atoms with E-state index in [0.717, 1.165) is 38.3 Å². The van der Waals surface area contributed by atoms with Crippen molar-refractivity contribution in [3.8, 4) is 0 Å². The first-order chi connectivity index (χ1) is 9.69. The highest BCUT2D eigenvalue weighted by atomic mass is 16.2. The fourth-order valence-electron chi connectivity index (χ4n) is 2.66. The maximum absolute atomic E-state index is 12.0. The third kappa shape index (κ3) is 3.19. The number of likely N-dealkylation sites (N-methyl/N-ethyl adjacent to an activating group) is 1. The predicted molar refractivity (Wildman–Crippen MR) is 78.4 cm³/mol. The Balaban J connectivity index is 2.13. The van der Waals surface area contributed by atoms with Crippen LogP contribution >= 0.6 is 0 Å². The van der Waals surface area contributed by atoms with E-state index in [9.17, 15) is 4.79 Å². The van der Waals surface area contributed by atoms with Crippen molar-refractivity contribution in [1.82, 2.24) is 25.3 Å². The van der Waals surface area contributed by atoms with Gasteiger partial charge in [0.25, 0.3) is 0 Å². The van der Waals surface area contributed by atoms with Gasteiger partial charge in [0.2, 0.25) is 5.91 Å². The molecular formula is C14H25N5O. The van der Waals surface area contributed by atoms with Crippen LogP contribution in [0.25, 0.3) is 0 Å². The van der Waals surface area contributed by atoms with Crippen LogP contribution in [0.2, 0.25) is 0 Å². The van der Waals surface area contributed by atoms with E-state index in [1.54, 1.807) is 7.05 Å². The van der Waals surface area contributed by atoms with Crippen molar-refractivity contribution in [1.29, 1.82) is 0 Å². The Hall–Kier alpha value is -1.40. The summed E-state index contributed by atoms with van der Waals surface area (Å²) in [5.74, 6) is 0.0791. The zero-order chi connectivity index (χ0) is 14.5. The average Bonchev–Trinajstić information content (AvgIpc) is 2.89. The third-order valence-electron chi connectivity index (χ3n) is 3.84. The van der Waals surface area contributed by atoms with Crippen molar-refractivity contribution in [3.63, 3.8) is 0 Å². The molecule has 1 aromatic rings. The van der Waals surface area contributed by atoms with Crippen LogP contribution in [0, 0.1) is 0 Å². The normalized spacial score (nSPS) is 20.1. The molecule has 1 amide bonds. The van der Waals surface area contributed by atoms with Gasteiger partial charge in [-0.05, 0) is 19.4 Å². The Bertz CT molecular complexity index is 456. The highest BCUT2D eigenvalue weighted by Gasteiger charge is 2.28. The molecule has 1 unspecified atom stereocenters. The molecule has 6 nitrogen and oxygen atoms in total. The van der Waals surface area contributed by atoms with Crippen molar-refractivity contribution in [2.24, 2.45) is 0 Å². The Morgan fingerprint density at radius 1 is 1.55 bits per heavy atom. The lowest BCUT2D eigenvalue weighted by molar-refractivity contribution is -0.126. The maximum Gasteiger partial charge on any atom is 0.238 e. The van der Waals surface area contributed by atoms with Crippen LogP contribution in [-0.4, -0.2) is 53.3 Å². The summed E-state index contributed by atoms with van der Waals surface area (Å²) in [7, 11) is 1.70. The first-order valence-electron chi connectivity index (χ1n) is 7.41. The molecule has 112 valence electrons. The Labute approximate surface area is 120 Å². The largest absolute Gasteiger partial charge is 0.358 e. The molecule has 20 heavy (non-hydrogen) atoms. The molecule has 1 aromatic heterocycles. The number of aryl methyl sites for hydroxylation is 2. The standard InChI is InChI=1S/C14H25N5O/c1-4-11-8-12(19(5-2)17-11)10-18-7-6-16-9-13(18)14(20)15-3/h8,13,16H,4-7,9-10H2,1-3H3,(H,15,20). The van der Waals surface area contributed by atoms with E-state index in [1.165, 1.54) is 5.69 Å². The van der Waals surface area contributed by atoms with E-state index in [2.05, 4.69) is 40.5 Å². The number of aromatic nitrogens is 2. The number of nitrogens with one attached hydrogen (secondary N) is 2. The lowest BCUT2D eigenvalue weighted by Crippen LogP contribution is -2.57. The Morgan fingerprint density at radius 2 is 2.35 bits per heavy atom. The number of piperazine rings is 1. The van der Waals surface area contributed by atoms with E-state index in [-0.39, 0.29) is 11.9 Å².